The van der Waals surface area contributed by atoms with Crippen LogP contribution in [0.15, 0.2) is 48.5 Å². The molecule has 2 aromatic rings. The minimum absolute atomic E-state index is 0.0672. The highest BCUT2D eigenvalue weighted by molar-refractivity contribution is 14.1. The highest BCUT2D eigenvalue weighted by Crippen LogP contribution is 2.14. The molecule has 3 N–H and O–H groups in total. The number of ether oxygens (including phenoxy) is 1. The zero-order valence-electron chi connectivity index (χ0n) is 10.8. The van der Waals surface area contributed by atoms with Gasteiger partial charge in [0.05, 0.1) is 13.0 Å². The SMILES string of the molecule is Nc1ccc(OCCC(=O)Nc2cccc(I)c2)cc1. The Kier molecular flexibility index (Phi) is 5.23. The summed E-state index contributed by atoms with van der Waals surface area (Å²) in [6.45, 7) is 0.333. The standard InChI is InChI=1S/C15H15IN2O2/c16-11-2-1-3-13(10-11)18-15(19)8-9-20-14-6-4-12(17)5-7-14/h1-7,10H,8-9,17H2,(H,18,19). The Morgan fingerprint density at radius 1 is 1.20 bits per heavy atom. The summed E-state index contributed by atoms with van der Waals surface area (Å²) < 4.78 is 6.56. The lowest BCUT2D eigenvalue weighted by Gasteiger charge is -2.07. The number of amides is 1. The van der Waals surface area contributed by atoms with Crippen molar-refractivity contribution in [1.82, 2.24) is 0 Å². The maximum Gasteiger partial charge on any atom is 0.227 e. The zero-order valence-corrected chi connectivity index (χ0v) is 13.0. The molecular weight excluding hydrogens is 367 g/mol. The molecule has 0 aliphatic heterocycles. The average molecular weight is 382 g/mol. The molecule has 2 rings (SSSR count). The van der Waals surface area contributed by atoms with E-state index in [2.05, 4.69) is 27.9 Å². The molecule has 0 unspecified atom stereocenters. The number of hydrogen-bond acceptors (Lipinski definition) is 3. The summed E-state index contributed by atoms with van der Waals surface area (Å²) in [6.07, 6.45) is 0.301. The second-order valence-corrected chi connectivity index (χ2v) is 5.47. The van der Waals surface area contributed by atoms with Gasteiger partial charge in [0.15, 0.2) is 0 Å². The molecule has 5 heteroatoms. The number of carbonyl (C=O) groups excluding carboxylic acids is 1. The number of nitrogens with one attached hydrogen (secondary N) is 1. The van der Waals surface area contributed by atoms with Gasteiger partial charge in [-0.3, -0.25) is 4.79 Å². The van der Waals surface area contributed by atoms with E-state index in [4.69, 9.17) is 10.5 Å². The summed E-state index contributed by atoms with van der Waals surface area (Å²) >= 11 is 2.21. The summed E-state index contributed by atoms with van der Waals surface area (Å²) in [4.78, 5) is 11.8. The van der Waals surface area contributed by atoms with Gasteiger partial charge in [-0.2, -0.15) is 0 Å². The van der Waals surface area contributed by atoms with Gasteiger partial charge in [-0.15, -0.1) is 0 Å². The first kappa shape index (κ1) is 14.6. The topological polar surface area (TPSA) is 64.3 Å². The van der Waals surface area contributed by atoms with Crippen molar-refractivity contribution in [3.8, 4) is 5.75 Å². The summed E-state index contributed by atoms with van der Waals surface area (Å²) in [5.41, 5.74) is 7.07. The lowest BCUT2D eigenvalue weighted by molar-refractivity contribution is -0.116. The van der Waals surface area contributed by atoms with Crippen LogP contribution in [0, 0.1) is 3.57 Å². The van der Waals surface area contributed by atoms with E-state index in [0.29, 0.717) is 24.5 Å². The number of halogens is 1. The summed E-state index contributed by atoms with van der Waals surface area (Å²) in [5, 5.41) is 2.83. The molecule has 0 spiro atoms. The molecule has 2 aromatic carbocycles. The fraction of sp³-hybridized carbons (Fsp3) is 0.133. The first-order valence-electron chi connectivity index (χ1n) is 6.17. The monoisotopic (exact) mass is 382 g/mol. The van der Waals surface area contributed by atoms with Crippen molar-refractivity contribution in [2.45, 2.75) is 6.42 Å². The lowest BCUT2D eigenvalue weighted by Crippen LogP contribution is -2.15. The number of rotatable bonds is 5. The van der Waals surface area contributed by atoms with Crippen LogP contribution in [0.5, 0.6) is 5.75 Å². The van der Waals surface area contributed by atoms with Crippen molar-refractivity contribution in [2.75, 3.05) is 17.7 Å². The molecular formula is C15H15IN2O2. The fourth-order valence-corrected chi connectivity index (χ4v) is 2.16. The average Bonchev–Trinajstić information content (AvgIpc) is 2.41. The van der Waals surface area contributed by atoms with Gasteiger partial charge in [-0.05, 0) is 65.1 Å². The third-order valence-corrected chi connectivity index (χ3v) is 3.26. The molecule has 20 heavy (non-hydrogen) atoms. The van der Waals surface area contributed by atoms with E-state index in [1.165, 1.54) is 0 Å². The molecule has 0 heterocycles. The number of carbonyl (C=O) groups is 1. The van der Waals surface area contributed by atoms with Gasteiger partial charge in [0.25, 0.3) is 0 Å². The van der Waals surface area contributed by atoms with Crippen molar-refractivity contribution in [1.29, 1.82) is 0 Å². The first-order chi connectivity index (χ1) is 9.63. The van der Waals surface area contributed by atoms with E-state index >= 15 is 0 Å². The van der Waals surface area contributed by atoms with E-state index in [9.17, 15) is 4.79 Å². The molecule has 0 aliphatic carbocycles. The predicted octanol–water partition coefficient (Wildman–Crippen LogP) is 3.28. The maximum absolute atomic E-state index is 11.8. The van der Waals surface area contributed by atoms with Crippen LogP contribution in [-0.4, -0.2) is 12.5 Å². The molecule has 104 valence electrons. The Morgan fingerprint density at radius 3 is 2.65 bits per heavy atom. The molecule has 0 aromatic heterocycles. The second-order valence-electron chi connectivity index (χ2n) is 4.23. The van der Waals surface area contributed by atoms with Crippen LogP contribution in [0.25, 0.3) is 0 Å². The quantitative estimate of drug-likeness (QED) is 0.616. The molecule has 0 radical (unpaired) electrons. The Bertz CT molecular complexity index is 585. The minimum Gasteiger partial charge on any atom is -0.493 e. The van der Waals surface area contributed by atoms with E-state index < -0.39 is 0 Å². The molecule has 0 atom stereocenters. The number of benzene rings is 2. The van der Waals surface area contributed by atoms with Crippen molar-refractivity contribution >= 4 is 39.9 Å². The van der Waals surface area contributed by atoms with Crippen LogP contribution in [-0.2, 0) is 4.79 Å². The summed E-state index contributed by atoms with van der Waals surface area (Å²) in [6, 6.07) is 14.8. The number of nitrogen functional groups attached to an aromatic ring is 1. The van der Waals surface area contributed by atoms with Gasteiger partial charge in [0.2, 0.25) is 5.91 Å². The van der Waals surface area contributed by atoms with Gasteiger partial charge in [-0.25, -0.2) is 0 Å². The van der Waals surface area contributed by atoms with Gasteiger partial charge in [0, 0.05) is 14.9 Å². The van der Waals surface area contributed by atoms with E-state index in [1.807, 2.05) is 24.3 Å². The summed E-state index contributed by atoms with van der Waals surface area (Å²) in [7, 11) is 0. The van der Waals surface area contributed by atoms with Gasteiger partial charge in [0.1, 0.15) is 5.75 Å². The van der Waals surface area contributed by atoms with Crippen molar-refractivity contribution in [2.24, 2.45) is 0 Å². The van der Waals surface area contributed by atoms with Crippen molar-refractivity contribution in [3.05, 3.63) is 52.1 Å². The van der Waals surface area contributed by atoms with E-state index in [-0.39, 0.29) is 5.91 Å². The van der Waals surface area contributed by atoms with Crippen molar-refractivity contribution < 1.29 is 9.53 Å². The van der Waals surface area contributed by atoms with Crippen molar-refractivity contribution in [3.63, 3.8) is 0 Å². The molecule has 4 nitrogen and oxygen atoms in total. The first-order valence-corrected chi connectivity index (χ1v) is 7.25. The predicted molar refractivity (Wildman–Crippen MR) is 88.8 cm³/mol. The Morgan fingerprint density at radius 2 is 1.95 bits per heavy atom. The van der Waals surface area contributed by atoms with Gasteiger partial charge in [-0.1, -0.05) is 6.07 Å². The molecule has 0 aliphatic rings. The Hall–Kier alpha value is -1.76. The van der Waals surface area contributed by atoms with Crippen LogP contribution < -0.4 is 15.8 Å². The fourth-order valence-electron chi connectivity index (χ4n) is 1.62. The third kappa shape index (κ3) is 4.73. The molecule has 0 fully saturated rings. The maximum atomic E-state index is 11.8. The Balaban J connectivity index is 1.76. The van der Waals surface area contributed by atoms with Crippen LogP contribution in [0.1, 0.15) is 6.42 Å². The molecule has 0 saturated carbocycles. The van der Waals surface area contributed by atoms with Crippen LogP contribution in [0.3, 0.4) is 0 Å². The lowest BCUT2D eigenvalue weighted by atomic mass is 10.3. The minimum atomic E-state index is -0.0672. The molecule has 0 saturated heterocycles. The van der Waals surface area contributed by atoms with Gasteiger partial charge < -0.3 is 15.8 Å². The third-order valence-electron chi connectivity index (χ3n) is 2.59. The molecule has 1 amide bonds. The molecule has 0 bridgehead atoms. The second kappa shape index (κ2) is 7.14. The zero-order chi connectivity index (χ0) is 14.4. The number of anilines is 2. The van der Waals surface area contributed by atoms with E-state index in [0.717, 1.165) is 9.26 Å². The summed E-state index contributed by atoms with van der Waals surface area (Å²) in [5.74, 6) is 0.642. The van der Waals surface area contributed by atoms with Crippen LogP contribution >= 0.6 is 22.6 Å². The smallest absolute Gasteiger partial charge is 0.227 e. The highest BCUT2D eigenvalue weighted by atomic mass is 127. The number of nitrogens with two attached hydrogens (primary N) is 1. The normalized spacial score (nSPS) is 10.1. The Labute approximate surface area is 131 Å². The van der Waals surface area contributed by atoms with Crippen LogP contribution in [0.4, 0.5) is 11.4 Å². The van der Waals surface area contributed by atoms with Crippen LogP contribution in [0.2, 0.25) is 0 Å². The van der Waals surface area contributed by atoms with E-state index in [1.54, 1.807) is 24.3 Å². The highest BCUT2D eigenvalue weighted by Gasteiger charge is 2.03. The largest absolute Gasteiger partial charge is 0.493 e. The number of hydrogen-bond donors (Lipinski definition) is 2. The van der Waals surface area contributed by atoms with Gasteiger partial charge >= 0.3 is 0 Å².